The molecule has 3 rings (SSSR count). The molecule has 0 atom stereocenters. The molecule has 0 spiro atoms. The summed E-state index contributed by atoms with van der Waals surface area (Å²) in [6.45, 7) is 7.64. The Morgan fingerprint density at radius 1 is 0.926 bits per heavy atom. The van der Waals surface area contributed by atoms with Crippen LogP contribution in [0.5, 0.6) is 0 Å². The smallest absolute Gasteiger partial charge is 0.254 e. The van der Waals surface area contributed by atoms with Gasteiger partial charge in [0, 0.05) is 12.1 Å². The molecule has 0 aliphatic rings. The van der Waals surface area contributed by atoms with Crippen LogP contribution < -0.4 is 0 Å². The molecule has 0 fully saturated rings. The first kappa shape index (κ1) is 19.0. The van der Waals surface area contributed by atoms with Crippen molar-refractivity contribution in [2.45, 2.75) is 39.2 Å². The van der Waals surface area contributed by atoms with Gasteiger partial charge in [-0.3, -0.25) is 4.79 Å². The molecular weight excluding hydrogens is 334 g/mol. The van der Waals surface area contributed by atoms with E-state index in [9.17, 15) is 4.79 Å². The van der Waals surface area contributed by atoms with Crippen molar-refractivity contribution in [3.8, 4) is 0 Å². The van der Waals surface area contributed by atoms with E-state index in [1.165, 1.54) is 11.1 Å². The first-order valence-corrected chi connectivity index (χ1v) is 9.39. The maximum atomic E-state index is 13.1. The van der Waals surface area contributed by atoms with Crippen molar-refractivity contribution < 1.29 is 9.21 Å². The molecule has 0 bridgehead atoms. The predicted octanol–water partition coefficient (Wildman–Crippen LogP) is 5.46. The lowest BCUT2D eigenvalue weighted by Crippen LogP contribution is -2.32. The molecule has 3 aromatic rings. The molecule has 0 saturated carbocycles. The van der Waals surface area contributed by atoms with Crippen LogP contribution in [0, 0.1) is 0 Å². The molecule has 0 unspecified atom stereocenters. The monoisotopic (exact) mass is 361 g/mol. The number of furan rings is 1. The number of hydrogen-bond donors (Lipinski definition) is 0. The number of rotatable bonds is 6. The summed E-state index contributed by atoms with van der Waals surface area (Å²) in [6, 6.07) is 22.0. The summed E-state index contributed by atoms with van der Waals surface area (Å²) < 4.78 is 5.47. The van der Waals surface area contributed by atoms with E-state index < -0.39 is 0 Å². The van der Waals surface area contributed by atoms with Crippen molar-refractivity contribution in [3.63, 3.8) is 0 Å². The van der Waals surface area contributed by atoms with Crippen molar-refractivity contribution in [2.75, 3.05) is 6.54 Å². The molecule has 1 heterocycles. The molecule has 0 radical (unpaired) electrons. The van der Waals surface area contributed by atoms with Gasteiger partial charge in [0.25, 0.3) is 5.91 Å². The third kappa shape index (κ3) is 5.10. The highest BCUT2D eigenvalue weighted by atomic mass is 16.3. The molecule has 3 nitrogen and oxygen atoms in total. The number of nitrogens with zero attached hydrogens (tertiary/aromatic N) is 1. The molecular formula is C24H27NO2. The lowest BCUT2D eigenvalue weighted by molar-refractivity contribution is 0.0733. The van der Waals surface area contributed by atoms with Gasteiger partial charge in [0.2, 0.25) is 0 Å². The van der Waals surface area contributed by atoms with Crippen molar-refractivity contribution in [1.29, 1.82) is 0 Å². The molecule has 1 amide bonds. The summed E-state index contributed by atoms with van der Waals surface area (Å²) in [5.74, 6) is 0.825. The van der Waals surface area contributed by atoms with E-state index in [0.717, 1.165) is 12.2 Å². The molecule has 27 heavy (non-hydrogen) atoms. The highest BCUT2D eigenvalue weighted by Crippen LogP contribution is 2.23. The average molecular weight is 361 g/mol. The van der Waals surface area contributed by atoms with Crippen LogP contribution in [0.25, 0.3) is 0 Å². The van der Waals surface area contributed by atoms with Crippen molar-refractivity contribution in [1.82, 2.24) is 4.90 Å². The number of benzene rings is 2. The maximum absolute atomic E-state index is 13.1. The first-order chi connectivity index (χ1) is 12.9. The minimum absolute atomic E-state index is 0.0304. The van der Waals surface area contributed by atoms with Crippen LogP contribution in [0.2, 0.25) is 0 Å². The highest BCUT2D eigenvalue weighted by Gasteiger charge is 2.19. The van der Waals surface area contributed by atoms with Crippen LogP contribution >= 0.6 is 0 Å². The zero-order valence-corrected chi connectivity index (χ0v) is 16.3. The fourth-order valence-electron chi connectivity index (χ4n) is 3.05. The number of carbonyl (C=O) groups excluding carboxylic acids is 1. The van der Waals surface area contributed by atoms with Gasteiger partial charge >= 0.3 is 0 Å². The Balaban J connectivity index is 1.77. The summed E-state index contributed by atoms with van der Waals surface area (Å²) in [7, 11) is 0. The van der Waals surface area contributed by atoms with Gasteiger partial charge in [0.05, 0.1) is 12.8 Å². The maximum Gasteiger partial charge on any atom is 0.254 e. The summed E-state index contributed by atoms with van der Waals surface area (Å²) in [5.41, 5.74) is 3.23. The molecule has 1 aromatic heterocycles. The Morgan fingerprint density at radius 2 is 1.63 bits per heavy atom. The van der Waals surface area contributed by atoms with E-state index in [4.69, 9.17) is 4.42 Å². The van der Waals surface area contributed by atoms with E-state index in [-0.39, 0.29) is 11.3 Å². The Kier molecular flexibility index (Phi) is 5.80. The van der Waals surface area contributed by atoms with Crippen LogP contribution in [-0.4, -0.2) is 17.4 Å². The van der Waals surface area contributed by atoms with Gasteiger partial charge in [0.1, 0.15) is 5.76 Å². The molecule has 0 aliphatic heterocycles. The van der Waals surface area contributed by atoms with Gasteiger partial charge in [0.15, 0.2) is 0 Å². The van der Waals surface area contributed by atoms with E-state index in [2.05, 4.69) is 45.0 Å². The van der Waals surface area contributed by atoms with Gasteiger partial charge in [-0.25, -0.2) is 0 Å². The summed E-state index contributed by atoms with van der Waals surface area (Å²) in [5, 5.41) is 0. The lowest BCUT2D eigenvalue weighted by atomic mass is 9.86. The Hall–Kier alpha value is -2.81. The Bertz CT molecular complexity index is 844. The van der Waals surface area contributed by atoms with Crippen LogP contribution in [0.15, 0.2) is 77.4 Å². The van der Waals surface area contributed by atoms with Crippen LogP contribution in [0.1, 0.15) is 48.0 Å². The SMILES string of the molecule is CC(C)(C)c1ccc(C(=O)N(CCc2ccccc2)Cc2ccco2)cc1. The summed E-state index contributed by atoms with van der Waals surface area (Å²) in [6.07, 6.45) is 2.46. The second-order valence-corrected chi connectivity index (χ2v) is 7.87. The minimum atomic E-state index is 0.0304. The predicted molar refractivity (Wildman–Crippen MR) is 109 cm³/mol. The van der Waals surface area contributed by atoms with Gasteiger partial charge in [-0.05, 0) is 47.2 Å². The summed E-state index contributed by atoms with van der Waals surface area (Å²) >= 11 is 0. The Morgan fingerprint density at radius 3 is 2.22 bits per heavy atom. The second kappa shape index (κ2) is 8.26. The van der Waals surface area contributed by atoms with Gasteiger partial charge in [-0.1, -0.05) is 63.2 Å². The number of carbonyl (C=O) groups is 1. The quantitative estimate of drug-likeness (QED) is 0.584. The van der Waals surface area contributed by atoms with Crippen LogP contribution in [0.4, 0.5) is 0 Å². The zero-order valence-electron chi connectivity index (χ0n) is 16.3. The molecule has 140 valence electrons. The average Bonchev–Trinajstić information content (AvgIpc) is 3.18. The minimum Gasteiger partial charge on any atom is -0.467 e. The molecule has 0 N–H and O–H groups in total. The normalized spacial score (nSPS) is 11.4. The van der Waals surface area contributed by atoms with E-state index >= 15 is 0 Å². The fourth-order valence-corrected chi connectivity index (χ4v) is 3.05. The standard InChI is InChI=1S/C24H27NO2/c1-24(2,3)21-13-11-20(12-14-21)23(26)25(18-22-10-7-17-27-22)16-15-19-8-5-4-6-9-19/h4-14,17H,15-16,18H2,1-3H3. The van der Waals surface area contributed by atoms with Gasteiger partial charge in [-0.2, -0.15) is 0 Å². The largest absolute Gasteiger partial charge is 0.467 e. The third-order valence-corrected chi connectivity index (χ3v) is 4.73. The van der Waals surface area contributed by atoms with Crippen LogP contribution in [0.3, 0.4) is 0 Å². The lowest BCUT2D eigenvalue weighted by Gasteiger charge is -2.23. The van der Waals surface area contributed by atoms with Gasteiger partial charge in [-0.15, -0.1) is 0 Å². The molecule has 0 aliphatic carbocycles. The molecule has 2 aromatic carbocycles. The van der Waals surface area contributed by atoms with Crippen molar-refractivity contribution >= 4 is 5.91 Å². The zero-order chi connectivity index (χ0) is 19.3. The van der Waals surface area contributed by atoms with Crippen LogP contribution in [-0.2, 0) is 18.4 Å². The van der Waals surface area contributed by atoms with Crippen molar-refractivity contribution in [2.24, 2.45) is 0 Å². The topological polar surface area (TPSA) is 33.5 Å². The molecule has 0 saturated heterocycles. The number of amides is 1. The van der Waals surface area contributed by atoms with E-state index in [1.807, 2.05) is 47.4 Å². The third-order valence-electron chi connectivity index (χ3n) is 4.73. The number of hydrogen-bond acceptors (Lipinski definition) is 2. The van der Waals surface area contributed by atoms with Crippen molar-refractivity contribution in [3.05, 3.63) is 95.4 Å². The van der Waals surface area contributed by atoms with E-state index in [0.29, 0.717) is 18.7 Å². The Labute approximate surface area is 161 Å². The first-order valence-electron chi connectivity index (χ1n) is 9.39. The second-order valence-electron chi connectivity index (χ2n) is 7.87. The summed E-state index contributed by atoms with van der Waals surface area (Å²) in [4.78, 5) is 15.0. The molecule has 3 heteroatoms. The van der Waals surface area contributed by atoms with Gasteiger partial charge < -0.3 is 9.32 Å². The highest BCUT2D eigenvalue weighted by molar-refractivity contribution is 5.94. The van der Waals surface area contributed by atoms with E-state index in [1.54, 1.807) is 6.26 Å². The fraction of sp³-hybridized carbons (Fsp3) is 0.292.